The quantitative estimate of drug-likeness (QED) is 0.0409. The standard InChI is InChI=1S/2C41H41BN2.C6H14/c2*1-31(2)38-26-17-27-39(32(3)4)41(38)44(30-37-28-29-40(43-37)33-18-9-5-10-19-33)42(34-20-11-6-12-21-34,35-22-13-7-14-23-35)36-24-15-8-16-25-36;1-3-5-6-4-2/h2*5-32,43H,1-4H3;3-6H2,1-2H3/b2*44-30+;. The first-order chi connectivity index (χ1) is 45.9. The van der Waals surface area contributed by atoms with Gasteiger partial charge in [0.1, 0.15) is 12.4 Å². The van der Waals surface area contributed by atoms with Gasteiger partial charge in [-0.25, -0.2) is 0 Å². The number of aromatic nitrogens is 2. The summed E-state index contributed by atoms with van der Waals surface area (Å²) in [6, 6.07) is 110. The van der Waals surface area contributed by atoms with Crippen LogP contribution in [-0.4, -0.2) is 43.9 Å². The molecule has 0 aliphatic carbocycles. The Morgan fingerprint density at radius 3 is 0.713 bits per heavy atom. The van der Waals surface area contributed by atoms with Gasteiger partial charge in [-0.15, -0.1) is 32.8 Å². The summed E-state index contributed by atoms with van der Waals surface area (Å²) in [4.78, 5) is 7.53. The molecule has 4 nitrogen and oxygen atoms in total. The topological polar surface area (TPSA) is 37.6 Å². The Kier molecular flexibility index (Phi) is 23.0. The van der Waals surface area contributed by atoms with E-state index in [0.717, 1.165) is 22.8 Å². The van der Waals surface area contributed by atoms with Crippen molar-refractivity contribution in [3.8, 4) is 22.5 Å². The molecule has 2 aromatic heterocycles. The summed E-state index contributed by atoms with van der Waals surface area (Å²) in [7, 11) is 0. The van der Waals surface area contributed by atoms with Crippen molar-refractivity contribution in [2.75, 3.05) is 0 Å². The molecule has 12 rings (SSSR count). The molecular weight excluding hydrogens is 1130 g/mol. The average Bonchev–Trinajstić information content (AvgIpc) is 0.786. The molecule has 0 saturated heterocycles. The number of benzene rings is 10. The van der Waals surface area contributed by atoms with Crippen LogP contribution in [0.5, 0.6) is 0 Å². The minimum atomic E-state index is -1.69. The molecule has 0 amide bonds. The van der Waals surface area contributed by atoms with Gasteiger partial charge in [0.05, 0.1) is 11.4 Å². The van der Waals surface area contributed by atoms with E-state index in [-0.39, 0.29) is 0 Å². The molecule has 0 aliphatic rings. The van der Waals surface area contributed by atoms with Crippen LogP contribution in [0.1, 0.15) is 152 Å². The van der Waals surface area contributed by atoms with E-state index in [4.69, 9.17) is 0 Å². The van der Waals surface area contributed by atoms with Crippen LogP contribution in [0.25, 0.3) is 22.5 Å². The van der Waals surface area contributed by atoms with Crippen LogP contribution in [0.3, 0.4) is 0 Å². The van der Waals surface area contributed by atoms with Crippen LogP contribution in [0.15, 0.2) is 303 Å². The second-order valence-electron chi connectivity index (χ2n) is 26.5. The molecule has 0 radical (unpaired) electrons. The zero-order valence-corrected chi connectivity index (χ0v) is 57.2. The summed E-state index contributed by atoms with van der Waals surface area (Å²) in [5, 5.41) is 0. The maximum Gasteiger partial charge on any atom is 0.360 e. The normalized spacial score (nSPS) is 12.0. The molecule has 0 unspecified atom stereocenters. The van der Waals surface area contributed by atoms with Crippen molar-refractivity contribution in [3.05, 3.63) is 337 Å². The Morgan fingerprint density at radius 2 is 0.500 bits per heavy atom. The van der Waals surface area contributed by atoms with Crippen LogP contribution in [0.2, 0.25) is 0 Å². The minimum absolute atomic E-state index is 0.332. The van der Waals surface area contributed by atoms with Crippen LogP contribution < -0.4 is 32.8 Å². The summed E-state index contributed by atoms with van der Waals surface area (Å²) in [5.41, 5.74) is 22.2. The number of nitrogens with one attached hydrogen (secondary N) is 2. The van der Waals surface area contributed by atoms with Crippen molar-refractivity contribution in [1.82, 2.24) is 9.97 Å². The Labute approximate surface area is 562 Å². The van der Waals surface area contributed by atoms with Crippen LogP contribution in [0, 0.1) is 0 Å². The molecule has 94 heavy (non-hydrogen) atoms. The van der Waals surface area contributed by atoms with Crippen LogP contribution in [-0.2, 0) is 0 Å². The van der Waals surface area contributed by atoms with Gasteiger partial charge in [0.2, 0.25) is 0 Å². The van der Waals surface area contributed by atoms with Gasteiger partial charge in [0.25, 0.3) is 0 Å². The predicted molar refractivity (Wildman–Crippen MR) is 410 cm³/mol. The summed E-state index contributed by atoms with van der Waals surface area (Å²) in [5.74, 6) is 1.33. The number of H-pyrrole nitrogens is 2. The highest BCUT2D eigenvalue weighted by molar-refractivity contribution is 7.07. The average molecular weight is 1230 g/mol. The molecular formula is C88H96B2N4. The molecule has 0 aliphatic heterocycles. The van der Waals surface area contributed by atoms with Crippen LogP contribution >= 0.6 is 0 Å². The Morgan fingerprint density at radius 1 is 0.277 bits per heavy atom. The Hall–Kier alpha value is -9.77. The number of hydrogen-bond donors (Lipinski definition) is 2. The van der Waals surface area contributed by atoms with Crippen molar-refractivity contribution in [2.45, 2.75) is 119 Å². The number of rotatable bonds is 21. The zero-order valence-electron chi connectivity index (χ0n) is 57.2. The maximum atomic E-state index is 3.77. The first kappa shape index (κ1) is 67.1. The summed E-state index contributed by atoms with van der Waals surface area (Å²) < 4.78 is 5.26. The monoisotopic (exact) mass is 1230 g/mol. The van der Waals surface area contributed by atoms with Gasteiger partial charge < -0.3 is 18.9 Å². The molecule has 0 atom stereocenters. The van der Waals surface area contributed by atoms with E-state index in [1.54, 1.807) is 0 Å². The molecule has 2 heterocycles. The van der Waals surface area contributed by atoms with Gasteiger partial charge in [-0.1, -0.05) is 374 Å². The lowest BCUT2D eigenvalue weighted by Crippen LogP contribution is -2.73. The Bertz CT molecular complexity index is 3780. The molecule has 0 spiro atoms. The third-order valence-electron chi connectivity index (χ3n) is 18.8. The second-order valence-corrected chi connectivity index (χ2v) is 26.5. The molecule has 2 N–H and O–H groups in total. The highest BCUT2D eigenvalue weighted by atomic mass is 15.0. The van der Waals surface area contributed by atoms with E-state index < -0.39 is 12.6 Å². The fraction of sp³-hybridized carbons (Fsp3) is 0.205. The molecule has 0 saturated carbocycles. The van der Waals surface area contributed by atoms with Crippen molar-refractivity contribution >= 4 is 69.1 Å². The summed E-state index contributed by atoms with van der Waals surface area (Å²) >= 11 is 0. The highest BCUT2D eigenvalue weighted by Gasteiger charge is 2.47. The fourth-order valence-electron chi connectivity index (χ4n) is 14.2. The highest BCUT2D eigenvalue weighted by Crippen LogP contribution is 2.39. The predicted octanol–water partition coefficient (Wildman–Crippen LogP) is 19.3. The lowest BCUT2D eigenvalue weighted by Gasteiger charge is -2.41. The summed E-state index contributed by atoms with van der Waals surface area (Å²) in [6.45, 7) is 23.0. The first-order valence-electron chi connectivity index (χ1n) is 34.6. The van der Waals surface area contributed by atoms with E-state index in [2.05, 4.69) is 404 Å². The van der Waals surface area contributed by atoms with Gasteiger partial charge in [-0.05, 0) is 59.1 Å². The molecule has 474 valence electrons. The van der Waals surface area contributed by atoms with Crippen molar-refractivity contribution in [1.29, 1.82) is 0 Å². The molecule has 0 bridgehead atoms. The van der Waals surface area contributed by atoms with Gasteiger partial charge in [0.15, 0.2) is 11.4 Å². The molecule has 10 aromatic carbocycles. The number of para-hydroxylation sites is 2. The largest absolute Gasteiger partial charge is 0.406 e. The fourth-order valence-corrected chi connectivity index (χ4v) is 14.2. The number of nitrogens with zero attached hydrogens (tertiary/aromatic N) is 2. The number of hydrogen-bond acceptors (Lipinski definition) is 0. The maximum absolute atomic E-state index is 3.77. The Balaban J connectivity index is 0.000000189. The van der Waals surface area contributed by atoms with E-state index in [1.165, 1.54) is 103 Å². The SMILES string of the molecule is CC(C)c1cccc(C(C)C)c1/[N+](=C\c1ccc(-c2ccccc2)[nH]1)[B-](c1ccccc1)(c1ccccc1)c1ccccc1.CC(C)c1cccc(C(C)C)c1/[N+](=C\c1ccc(-c2ccccc2)[nH]1)[B-](c1ccccc1)(c1ccccc1)c1ccccc1.CCCCCC. The summed E-state index contributed by atoms with van der Waals surface area (Å²) in [6.07, 6.45) is 6.89. The van der Waals surface area contributed by atoms with E-state index in [9.17, 15) is 0 Å². The third-order valence-corrected chi connectivity index (χ3v) is 18.8. The van der Waals surface area contributed by atoms with Crippen molar-refractivity contribution in [2.24, 2.45) is 0 Å². The molecule has 12 aromatic rings. The van der Waals surface area contributed by atoms with Gasteiger partial charge >= 0.3 is 12.6 Å². The minimum Gasteiger partial charge on any atom is -0.406 e. The van der Waals surface area contributed by atoms with Crippen molar-refractivity contribution in [3.63, 3.8) is 0 Å². The molecule has 0 fully saturated rings. The first-order valence-corrected chi connectivity index (χ1v) is 34.6. The van der Waals surface area contributed by atoms with Crippen molar-refractivity contribution < 1.29 is 8.97 Å². The molecule has 6 heteroatoms. The lowest BCUT2D eigenvalue weighted by atomic mass is 9.23. The van der Waals surface area contributed by atoms with Gasteiger partial charge in [0, 0.05) is 33.6 Å². The van der Waals surface area contributed by atoms with E-state index >= 15 is 0 Å². The smallest absolute Gasteiger partial charge is 0.360 e. The third kappa shape index (κ3) is 14.8. The number of aromatic amines is 2. The van der Waals surface area contributed by atoms with Crippen LogP contribution in [0.4, 0.5) is 11.4 Å². The zero-order chi connectivity index (χ0) is 65.9. The van der Waals surface area contributed by atoms with E-state index in [0.29, 0.717) is 23.7 Å². The second kappa shape index (κ2) is 32.2. The lowest BCUT2D eigenvalue weighted by molar-refractivity contribution is -0.284. The number of unbranched alkanes of at least 4 members (excludes halogenated alkanes) is 3. The van der Waals surface area contributed by atoms with Gasteiger partial charge in [-0.3, -0.25) is 0 Å². The van der Waals surface area contributed by atoms with Gasteiger partial charge in [-0.2, -0.15) is 0 Å². The van der Waals surface area contributed by atoms with E-state index in [1.807, 2.05) is 0 Å².